The molecule has 164 valence electrons. The monoisotopic (exact) mass is 478 g/mol. The van der Waals surface area contributed by atoms with Crippen molar-refractivity contribution in [3.05, 3.63) is 88.3 Å². The van der Waals surface area contributed by atoms with Crippen molar-refractivity contribution in [3.8, 4) is 0 Å². The molecule has 4 heterocycles. The highest BCUT2D eigenvalue weighted by Crippen LogP contribution is 2.50. The summed E-state index contributed by atoms with van der Waals surface area (Å²) >= 11 is 12.4. The number of amides is 2. The summed E-state index contributed by atoms with van der Waals surface area (Å²) in [4.78, 5) is 44.1. The summed E-state index contributed by atoms with van der Waals surface area (Å²) in [5.41, 5.74) is 1.99. The van der Waals surface area contributed by atoms with E-state index in [0.717, 1.165) is 16.2 Å². The largest absolute Gasteiger partial charge is 0.461 e. The van der Waals surface area contributed by atoms with Crippen LogP contribution in [0.3, 0.4) is 0 Å². The number of carbonyl (C=O) groups is 3. The van der Waals surface area contributed by atoms with E-state index in [4.69, 9.17) is 27.6 Å². The molecule has 33 heavy (non-hydrogen) atoms. The Balaban J connectivity index is 1.51. The molecule has 0 saturated carbocycles. The van der Waals surface area contributed by atoms with E-state index in [1.165, 1.54) is 12.3 Å². The Hall–Kier alpha value is -3.35. The summed E-state index contributed by atoms with van der Waals surface area (Å²) in [6.07, 6.45) is 5.25. The summed E-state index contributed by atoms with van der Waals surface area (Å²) in [7, 11) is 0. The lowest BCUT2D eigenvalue weighted by Crippen LogP contribution is -2.48. The minimum atomic E-state index is -0.898. The highest BCUT2D eigenvalue weighted by Gasteiger charge is 2.64. The van der Waals surface area contributed by atoms with Crippen LogP contribution in [0.25, 0.3) is 6.08 Å². The fourth-order valence-corrected chi connectivity index (χ4v) is 5.77. The average molecular weight is 479 g/mol. The first-order valence-corrected chi connectivity index (χ1v) is 11.2. The maximum absolute atomic E-state index is 13.8. The lowest BCUT2D eigenvalue weighted by molar-refractivity contribution is -0.122. The fraction of sp³-hybridized carbons (Fsp3) is 0.160. The van der Waals surface area contributed by atoms with Gasteiger partial charge in [0, 0.05) is 10.7 Å². The number of ketones is 1. The summed E-state index contributed by atoms with van der Waals surface area (Å²) in [5, 5.41) is 0.589. The van der Waals surface area contributed by atoms with Gasteiger partial charge in [0.05, 0.1) is 34.9 Å². The van der Waals surface area contributed by atoms with Crippen LogP contribution in [0.4, 0.5) is 11.4 Å². The molecule has 4 unspecified atom stereocenters. The Kier molecular flexibility index (Phi) is 4.50. The molecule has 6 rings (SSSR count). The number of Topliss-reactive ketones (excluding diaryl/α,β-unsaturated/α-hetero) is 1. The van der Waals surface area contributed by atoms with E-state index in [1.807, 2.05) is 41.3 Å². The molecule has 3 aromatic rings. The SMILES string of the molecule is O=C(c1ccco1)C1C2C(=O)N(c3ccc(Cl)cc3Cl)C(=O)C2C2C=Cc3ccccc3N21. The van der Waals surface area contributed by atoms with Gasteiger partial charge >= 0.3 is 0 Å². The summed E-state index contributed by atoms with van der Waals surface area (Å²) in [6.45, 7) is 0. The van der Waals surface area contributed by atoms with E-state index >= 15 is 0 Å². The number of imide groups is 1. The van der Waals surface area contributed by atoms with E-state index in [0.29, 0.717) is 5.02 Å². The van der Waals surface area contributed by atoms with Crippen molar-refractivity contribution in [2.24, 2.45) is 11.8 Å². The molecule has 0 aliphatic carbocycles. The third-order valence-electron chi connectivity index (χ3n) is 6.60. The van der Waals surface area contributed by atoms with E-state index in [9.17, 15) is 14.4 Å². The van der Waals surface area contributed by atoms with Gasteiger partial charge in [-0.2, -0.15) is 0 Å². The van der Waals surface area contributed by atoms with Crippen LogP contribution in [0.5, 0.6) is 0 Å². The second kappa shape index (κ2) is 7.33. The Labute approximate surface area is 199 Å². The molecular formula is C25H16Cl2N2O4. The molecule has 2 amide bonds. The molecule has 2 aromatic carbocycles. The van der Waals surface area contributed by atoms with Gasteiger partial charge in [0.15, 0.2) is 5.76 Å². The number of hydrogen-bond acceptors (Lipinski definition) is 5. The molecule has 3 aliphatic heterocycles. The highest BCUT2D eigenvalue weighted by molar-refractivity contribution is 6.38. The predicted molar refractivity (Wildman–Crippen MR) is 125 cm³/mol. The van der Waals surface area contributed by atoms with Gasteiger partial charge in [-0.05, 0) is 42.0 Å². The smallest absolute Gasteiger partial charge is 0.240 e. The molecule has 0 bridgehead atoms. The van der Waals surface area contributed by atoms with Gasteiger partial charge in [0.1, 0.15) is 6.04 Å². The molecule has 6 nitrogen and oxygen atoms in total. The van der Waals surface area contributed by atoms with Crippen molar-refractivity contribution in [1.29, 1.82) is 0 Å². The van der Waals surface area contributed by atoms with Gasteiger partial charge < -0.3 is 9.32 Å². The van der Waals surface area contributed by atoms with Gasteiger partial charge in [0.2, 0.25) is 17.6 Å². The maximum Gasteiger partial charge on any atom is 0.240 e. The number of benzene rings is 2. The standard InChI is InChI=1S/C25H16Cl2N2O4/c26-14-8-10-17(15(27)12-14)29-24(31)20-18-9-7-13-4-1-2-5-16(13)28(18)22(21(20)25(29)32)23(30)19-6-3-11-33-19/h1-12,18,20-22H. The molecule has 2 saturated heterocycles. The highest BCUT2D eigenvalue weighted by atomic mass is 35.5. The van der Waals surface area contributed by atoms with Crippen molar-refractivity contribution in [2.75, 3.05) is 9.80 Å². The Morgan fingerprint density at radius 1 is 0.909 bits per heavy atom. The van der Waals surface area contributed by atoms with Gasteiger partial charge in [-0.3, -0.25) is 14.4 Å². The molecule has 3 aliphatic rings. The summed E-state index contributed by atoms with van der Waals surface area (Å²) in [5.74, 6) is -2.66. The topological polar surface area (TPSA) is 70.8 Å². The van der Waals surface area contributed by atoms with Crippen molar-refractivity contribution in [1.82, 2.24) is 0 Å². The van der Waals surface area contributed by atoms with Gasteiger partial charge in [0.25, 0.3) is 0 Å². The molecule has 8 heteroatoms. The van der Waals surface area contributed by atoms with Crippen LogP contribution in [0.2, 0.25) is 10.0 Å². The molecule has 4 atom stereocenters. The van der Waals surface area contributed by atoms with Crippen molar-refractivity contribution >= 4 is 58.3 Å². The normalized spacial score (nSPS) is 25.3. The van der Waals surface area contributed by atoms with E-state index in [1.54, 1.807) is 24.3 Å². The quantitative estimate of drug-likeness (QED) is 0.397. The molecule has 0 radical (unpaired) electrons. The molecule has 0 N–H and O–H groups in total. The number of para-hydroxylation sites is 1. The lowest BCUT2D eigenvalue weighted by atomic mass is 9.87. The first-order valence-electron chi connectivity index (χ1n) is 10.4. The van der Waals surface area contributed by atoms with Crippen molar-refractivity contribution in [2.45, 2.75) is 12.1 Å². The Morgan fingerprint density at radius 2 is 1.70 bits per heavy atom. The number of nitrogens with zero attached hydrogens (tertiary/aromatic N) is 2. The van der Waals surface area contributed by atoms with Crippen LogP contribution in [0.1, 0.15) is 16.1 Å². The van der Waals surface area contributed by atoms with E-state index in [-0.39, 0.29) is 28.2 Å². The second-order valence-corrected chi connectivity index (χ2v) is 9.11. The minimum Gasteiger partial charge on any atom is -0.461 e. The fourth-order valence-electron chi connectivity index (χ4n) is 5.28. The first-order chi connectivity index (χ1) is 16.0. The number of rotatable bonds is 3. The number of halogens is 2. The average Bonchev–Trinajstić information content (AvgIpc) is 3.51. The van der Waals surface area contributed by atoms with E-state index in [2.05, 4.69) is 0 Å². The van der Waals surface area contributed by atoms with Crippen LogP contribution in [-0.4, -0.2) is 29.7 Å². The van der Waals surface area contributed by atoms with E-state index < -0.39 is 29.8 Å². The number of fused-ring (bicyclic) bond motifs is 5. The van der Waals surface area contributed by atoms with Crippen LogP contribution >= 0.6 is 23.2 Å². The lowest BCUT2D eigenvalue weighted by Gasteiger charge is -2.36. The molecule has 1 aromatic heterocycles. The van der Waals surface area contributed by atoms with Crippen LogP contribution in [0.15, 0.2) is 71.4 Å². The third-order valence-corrected chi connectivity index (χ3v) is 7.14. The van der Waals surface area contributed by atoms with Gasteiger partial charge in [-0.1, -0.05) is 53.6 Å². The predicted octanol–water partition coefficient (Wildman–Crippen LogP) is 4.86. The molecule has 2 fully saturated rings. The summed E-state index contributed by atoms with van der Waals surface area (Å²) < 4.78 is 5.39. The van der Waals surface area contributed by atoms with Crippen LogP contribution in [0, 0.1) is 11.8 Å². The second-order valence-electron chi connectivity index (χ2n) is 8.26. The Morgan fingerprint density at radius 3 is 2.45 bits per heavy atom. The number of furan rings is 1. The molecule has 0 spiro atoms. The summed E-state index contributed by atoms with van der Waals surface area (Å²) in [6, 6.07) is 14.1. The van der Waals surface area contributed by atoms with Crippen LogP contribution < -0.4 is 9.80 Å². The van der Waals surface area contributed by atoms with Crippen molar-refractivity contribution in [3.63, 3.8) is 0 Å². The number of hydrogen-bond donors (Lipinski definition) is 0. The van der Waals surface area contributed by atoms with Crippen LogP contribution in [-0.2, 0) is 9.59 Å². The molecular weight excluding hydrogens is 463 g/mol. The van der Waals surface area contributed by atoms with Crippen molar-refractivity contribution < 1.29 is 18.8 Å². The Bertz CT molecular complexity index is 1350. The zero-order valence-corrected chi connectivity index (χ0v) is 18.5. The minimum absolute atomic E-state index is 0.148. The maximum atomic E-state index is 13.8. The third kappa shape index (κ3) is 2.84. The van der Waals surface area contributed by atoms with Gasteiger partial charge in [-0.15, -0.1) is 0 Å². The number of anilines is 2. The zero-order valence-electron chi connectivity index (χ0n) is 17.0. The van der Waals surface area contributed by atoms with Gasteiger partial charge in [-0.25, -0.2) is 4.90 Å². The number of carbonyl (C=O) groups excluding carboxylic acids is 3. The first kappa shape index (κ1) is 20.3. The zero-order chi connectivity index (χ0) is 22.9.